The first-order chi connectivity index (χ1) is 12.2. The van der Waals surface area contributed by atoms with Gasteiger partial charge in [0.1, 0.15) is 29.7 Å². The summed E-state index contributed by atoms with van der Waals surface area (Å²) in [5.74, 6) is 1.33. The smallest absolute Gasteiger partial charge is 0.153 e. The second-order valence-electron chi connectivity index (χ2n) is 5.52. The second kappa shape index (κ2) is 7.60. The number of aliphatic hydroxyl groups excluding tert-OH is 1. The number of aryl methyl sites for hydroxylation is 1. The maximum absolute atomic E-state index is 9.45. The molecule has 3 rings (SSSR count). The Bertz CT molecular complexity index is 880. The van der Waals surface area contributed by atoms with Gasteiger partial charge in [-0.15, -0.1) is 0 Å². The highest BCUT2D eigenvalue weighted by Crippen LogP contribution is 2.20. The molecule has 6 heteroatoms. The van der Waals surface area contributed by atoms with Gasteiger partial charge in [0.25, 0.3) is 0 Å². The molecule has 1 N–H and O–H groups in total. The van der Waals surface area contributed by atoms with Gasteiger partial charge in [-0.1, -0.05) is 18.2 Å². The van der Waals surface area contributed by atoms with Crippen LogP contribution in [0.5, 0.6) is 5.75 Å². The maximum Gasteiger partial charge on any atom is 0.153 e. The Morgan fingerprint density at radius 1 is 1.20 bits per heavy atom. The van der Waals surface area contributed by atoms with Crippen LogP contribution >= 0.6 is 0 Å². The van der Waals surface area contributed by atoms with E-state index in [4.69, 9.17) is 9.84 Å². The summed E-state index contributed by atoms with van der Waals surface area (Å²) < 4.78 is 7.49. The minimum Gasteiger partial charge on any atom is -0.487 e. The van der Waals surface area contributed by atoms with Gasteiger partial charge in [0.15, 0.2) is 5.82 Å². The molecule has 6 nitrogen and oxygen atoms in total. The Balaban J connectivity index is 1.85. The molecule has 0 saturated carbocycles. The molecule has 1 aromatic carbocycles. The van der Waals surface area contributed by atoms with Gasteiger partial charge >= 0.3 is 0 Å². The van der Waals surface area contributed by atoms with E-state index in [2.05, 4.69) is 16.2 Å². The quantitative estimate of drug-likeness (QED) is 0.749. The van der Waals surface area contributed by atoms with Gasteiger partial charge in [0.2, 0.25) is 0 Å². The molecular formula is C19H18N4O2. The van der Waals surface area contributed by atoms with Crippen molar-refractivity contribution in [3.63, 3.8) is 0 Å². The van der Waals surface area contributed by atoms with Crippen molar-refractivity contribution in [1.82, 2.24) is 14.8 Å². The van der Waals surface area contributed by atoms with Crippen LogP contribution in [0.2, 0.25) is 0 Å². The zero-order valence-corrected chi connectivity index (χ0v) is 13.9. The molecule has 0 bridgehead atoms. The monoisotopic (exact) mass is 334 g/mol. The summed E-state index contributed by atoms with van der Waals surface area (Å²) in [6, 6.07) is 15.3. The Morgan fingerprint density at radius 3 is 2.64 bits per heavy atom. The maximum atomic E-state index is 9.45. The van der Waals surface area contributed by atoms with E-state index in [1.165, 1.54) is 0 Å². The fourth-order valence-corrected chi connectivity index (χ4v) is 2.56. The molecule has 3 aromatic rings. The van der Waals surface area contributed by atoms with E-state index in [1.807, 2.05) is 42.5 Å². The molecule has 25 heavy (non-hydrogen) atoms. The summed E-state index contributed by atoms with van der Waals surface area (Å²) in [6.07, 6.45) is 2.30. The van der Waals surface area contributed by atoms with Crippen molar-refractivity contribution in [2.75, 3.05) is 6.61 Å². The van der Waals surface area contributed by atoms with E-state index < -0.39 is 0 Å². The van der Waals surface area contributed by atoms with Crippen LogP contribution < -0.4 is 4.74 Å². The Labute approximate surface area is 145 Å². The number of hydrogen-bond acceptors (Lipinski definition) is 5. The van der Waals surface area contributed by atoms with Crippen molar-refractivity contribution >= 4 is 0 Å². The van der Waals surface area contributed by atoms with Gasteiger partial charge in [0.05, 0.1) is 5.69 Å². The van der Waals surface area contributed by atoms with Crippen LogP contribution in [-0.4, -0.2) is 26.5 Å². The molecule has 126 valence electrons. The van der Waals surface area contributed by atoms with Gasteiger partial charge in [-0.05, 0) is 43.2 Å². The summed E-state index contributed by atoms with van der Waals surface area (Å²) in [5, 5.41) is 22.8. The standard InChI is InChI=1S/C19H18N4O2/c1-14-17(12-20)18(23(22-14)19-4-2-3-10-21-19)13-25-16-7-5-15(6-8-16)9-11-24/h2-8,10,24H,9,11,13H2,1H3. The van der Waals surface area contributed by atoms with Crippen molar-refractivity contribution < 1.29 is 9.84 Å². The Hall–Kier alpha value is -3.17. The Kier molecular flexibility index (Phi) is 5.07. The van der Waals surface area contributed by atoms with E-state index in [9.17, 15) is 5.26 Å². The van der Waals surface area contributed by atoms with Crippen molar-refractivity contribution in [3.8, 4) is 17.6 Å². The molecule has 0 aliphatic carbocycles. The number of ether oxygens (including phenoxy) is 1. The summed E-state index contributed by atoms with van der Waals surface area (Å²) in [5.41, 5.74) is 2.85. The fraction of sp³-hybridized carbons (Fsp3) is 0.211. The highest BCUT2D eigenvalue weighted by Gasteiger charge is 2.17. The fourth-order valence-electron chi connectivity index (χ4n) is 2.56. The zero-order valence-electron chi connectivity index (χ0n) is 13.9. The van der Waals surface area contributed by atoms with Crippen LogP contribution in [0.3, 0.4) is 0 Å². The van der Waals surface area contributed by atoms with Crippen LogP contribution in [0.4, 0.5) is 0 Å². The normalized spacial score (nSPS) is 10.4. The number of hydrogen-bond donors (Lipinski definition) is 1. The van der Waals surface area contributed by atoms with E-state index >= 15 is 0 Å². The summed E-state index contributed by atoms with van der Waals surface area (Å²) in [7, 11) is 0. The molecule has 0 spiro atoms. The molecule has 0 saturated heterocycles. The average Bonchev–Trinajstić information content (AvgIpc) is 2.97. The highest BCUT2D eigenvalue weighted by atomic mass is 16.5. The van der Waals surface area contributed by atoms with Crippen molar-refractivity contribution in [1.29, 1.82) is 5.26 Å². The van der Waals surface area contributed by atoms with E-state index in [-0.39, 0.29) is 13.2 Å². The first kappa shape index (κ1) is 16.7. The third kappa shape index (κ3) is 3.67. The second-order valence-corrected chi connectivity index (χ2v) is 5.52. The lowest BCUT2D eigenvalue weighted by molar-refractivity contribution is 0.295. The van der Waals surface area contributed by atoms with Crippen LogP contribution in [-0.2, 0) is 13.0 Å². The number of aromatic nitrogens is 3. The van der Waals surface area contributed by atoms with Gasteiger partial charge in [-0.2, -0.15) is 10.4 Å². The molecule has 2 aromatic heterocycles. The minimum atomic E-state index is 0.119. The lowest BCUT2D eigenvalue weighted by Crippen LogP contribution is -2.08. The average molecular weight is 334 g/mol. The topological polar surface area (TPSA) is 84.0 Å². The summed E-state index contributed by atoms with van der Waals surface area (Å²) >= 11 is 0. The molecule has 0 aliphatic rings. The van der Waals surface area contributed by atoms with Gasteiger partial charge in [0, 0.05) is 12.8 Å². The number of nitriles is 1. The third-order valence-corrected chi connectivity index (χ3v) is 3.83. The van der Waals surface area contributed by atoms with E-state index in [1.54, 1.807) is 17.8 Å². The molecular weight excluding hydrogens is 316 g/mol. The summed E-state index contributed by atoms with van der Waals surface area (Å²) in [6.45, 7) is 2.12. The lowest BCUT2D eigenvalue weighted by Gasteiger charge is -2.09. The molecule has 0 aliphatic heterocycles. The van der Waals surface area contributed by atoms with Crippen LogP contribution in [0.15, 0.2) is 48.7 Å². The van der Waals surface area contributed by atoms with Gasteiger partial charge in [-0.25, -0.2) is 9.67 Å². The number of nitrogens with zero attached hydrogens (tertiary/aromatic N) is 4. The summed E-state index contributed by atoms with van der Waals surface area (Å²) in [4.78, 5) is 4.30. The minimum absolute atomic E-state index is 0.119. The predicted molar refractivity (Wildman–Crippen MR) is 92.4 cm³/mol. The van der Waals surface area contributed by atoms with E-state index in [0.717, 1.165) is 5.56 Å². The SMILES string of the molecule is Cc1nn(-c2ccccn2)c(COc2ccc(CCO)cc2)c1C#N. The first-order valence-electron chi connectivity index (χ1n) is 7.95. The molecule has 0 fully saturated rings. The van der Waals surface area contributed by atoms with Gasteiger partial charge < -0.3 is 9.84 Å². The van der Waals surface area contributed by atoms with Gasteiger partial charge in [-0.3, -0.25) is 0 Å². The number of benzene rings is 1. The largest absolute Gasteiger partial charge is 0.487 e. The molecule has 2 heterocycles. The molecule has 0 radical (unpaired) electrons. The number of aliphatic hydroxyl groups is 1. The van der Waals surface area contributed by atoms with Crippen molar-refractivity contribution in [2.24, 2.45) is 0 Å². The molecule has 0 unspecified atom stereocenters. The lowest BCUT2D eigenvalue weighted by atomic mass is 10.1. The molecule has 0 atom stereocenters. The third-order valence-electron chi connectivity index (χ3n) is 3.83. The number of pyridine rings is 1. The van der Waals surface area contributed by atoms with Crippen molar-refractivity contribution in [2.45, 2.75) is 20.0 Å². The first-order valence-corrected chi connectivity index (χ1v) is 7.95. The van der Waals surface area contributed by atoms with E-state index in [0.29, 0.717) is 34.9 Å². The Morgan fingerprint density at radius 2 is 2.00 bits per heavy atom. The zero-order chi connectivity index (χ0) is 17.6. The number of rotatable bonds is 6. The molecule has 0 amide bonds. The van der Waals surface area contributed by atoms with Crippen LogP contribution in [0, 0.1) is 18.3 Å². The van der Waals surface area contributed by atoms with Crippen LogP contribution in [0.25, 0.3) is 5.82 Å². The highest BCUT2D eigenvalue weighted by molar-refractivity contribution is 5.41. The predicted octanol–water partition coefficient (Wildman–Crippen LogP) is 2.56. The van der Waals surface area contributed by atoms with Crippen LogP contribution in [0.1, 0.15) is 22.5 Å². The van der Waals surface area contributed by atoms with Crippen molar-refractivity contribution in [3.05, 3.63) is 71.2 Å².